The Labute approximate surface area is 600 Å². The first-order chi connectivity index (χ1) is 48.2. The van der Waals surface area contributed by atoms with Gasteiger partial charge in [0.05, 0.1) is 31.4 Å². The highest BCUT2D eigenvalue weighted by molar-refractivity contribution is 6.00. The molecule has 1 saturated heterocycles. The van der Waals surface area contributed by atoms with Gasteiger partial charge in [-0.2, -0.15) is 26.3 Å². The van der Waals surface area contributed by atoms with E-state index in [0.29, 0.717) is 0 Å². The van der Waals surface area contributed by atoms with Crippen molar-refractivity contribution >= 4 is 88.8 Å². The molecule has 596 valence electrons. The standard InChI is InChI=1S/C59H99N15O17.2C2HF3O2/c1-13-30(8)39-53(86)72-40(31(9)76)52(85)65-25-38(77)70-42(45(79)47(61)80)55(88)69-37(26-75)57(90)91-46(32-18-15-14-16-19-32)43(74-51(84)36(23-28(4)5)67-48(81)33(60)24-59(10,11)12)56(89)73-41(44(78)29(6)7)54(87)68-35(22-27(2)3)50(83)66-34(49(82)71-39)20-17-21-64-58(62)63;2*3-2(4,5)1(6)7/h14-16,18-19,27-31,33-37,39-46,75-76,78-79H,13,17,20-26,60H2,1-12H3,(H2,61,80)(H,65,85)(H,66,83)(H,67,81)(H,68,87)(H,69,88)(H,70,77)(H,71,82)(H,72,86)(H,73,89)(H,74,84)(H4,62,63,64);2*(H,6,7)/t30-,31-,33-,34+,35-,36-,37-,39?,40?,41-,42-,43-,44+,45-,46+;;/m0../s1. The first-order valence-electron chi connectivity index (χ1n) is 32.8. The van der Waals surface area contributed by atoms with Gasteiger partial charge < -0.3 is 111 Å². The van der Waals surface area contributed by atoms with Crippen LogP contribution in [-0.2, 0) is 71.9 Å². The van der Waals surface area contributed by atoms with Crippen molar-refractivity contribution < 1.29 is 129 Å². The molecule has 0 bridgehead atoms. The van der Waals surface area contributed by atoms with Crippen molar-refractivity contribution in [2.45, 2.75) is 219 Å². The van der Waals surface area contributed by atoms with Gasteiger partial charge in [0.2, 0.25) is 65.0 Å². The van der Waals surface area contributed by atoms with Gasteiger partial charge in [0.25, 0.3) is 0 Å². The number of halogens is 6. The number of cyclic esters (lactones) is 1. The van der Waals surface area contributed by atoms with E-state index in [2.05, 4.69) is 47.5 Å². The van der Waals surface area contributed by atoms with Crippen LogP contribution in [0.1, 0.15) is 133 Å². The number of alkyl halides is 6. The van der Waals surface area contributed by atoms with Crippen LogP contribution in [0, 0.1) is 29.1 Å². The second-order valence-electron chi connectivity index (χ2n) is 26.8. The lowest BCUT2D eigenvalue weighted by Crippen LogP contribution is -2.64. The number of rotatable bonds is 22. The molecule has 36 nitrogen and oxygen atoms in total. The largest absolute Gasteiger partial charge is 0.490 e. The fraction of sp³-hybridized carbons (Fsp3) is 0.667. The molecule has 105 heavy (non-hydrogen) atoms. The average molecular weight is 1520 g/mol. The van der Waals surface area contributed by atoms with Crippen LogP contribution in [0.25, 0.3) is 0 Å². The Morgan fingerprint density at radius 3 is 1.58 bits per heavy atom. The number of carbonyl (C=O) groups excluding carboxylic acids is 12. The highest BCUT2D eigenvalue weighted by Crippen LogP contribution is 2.26. The van der Waals surface area contributed by atoms with Gasteiger partial charge in [0.15, 0.2) is 24.2 Å². The Morgan fingerprint density at radius 2 is 1.12 bits per heavy atom. The molecule has 11 amide bonds. The SMILES string of the molecule is CC[C@H](C)C1NC(=O)[C@@H](CCCN=C(N)N)NC(=O)[C@H](CC(C)C)NC(=O)[C@H]([C@H](O)C(C)C)NC(=O)[C@@H](NC(=O)[C@H](CC(C)C)NC(=O)[C@@H](N)CC(C)(C)C)[C@@H](c2ccccc2)OC(=O)[C@H](CO)NC(=O)[C@H]([C@H](O)C(N)=O)NC(=O)CNC(=O)C([C@H](C)O)NC1=O.O=C(O)C(F)(F)F.O=C(O)C(F)(F)F. The number of benzene rings is 1. The van der Waals surface area contributed by atoms with Gasteiger partial charge in [-0.15, -0.1) is 0 Å². The third kappa shape index (κ3) is 35.2. The summed E-state index contributed by atoms with van der Waals surface area (Å²) in [4.78, 5) is 192. The van der Waals surface area contributed by atoms with Crippen LogP contribution in [0.2, 0.25) is 0 Å². The number of nitrogens with two attached hydrogens (primary N) is 4. The minimum absolute atomic E-state index is 0.0457. The van der Waals surface area contributed by atoms with Gasteiger partial charge in [-0.25, -0.2) is 14.4 Å². The van der Waals surface area contributed by atoms with Crippen LogP contribution >= 0.6 is 0 Å². The van der Waals surface area contributed by atoms with Crippen LogP contribution in [0.3, 0.4) is 0 Å². The van der Waals surface area contributed by atoms with Crippen LogP contribution < -0.4 is 76.1 Å². The van der Waals surface area contributed by atoms with Crippen molar-refractivity contribution in [3.8, 4) is 0 Å². The number of primary amides is 1. The number of guanidine groups is 1. The van der Waals surface area contributed by atoms with Gasteiger partial charge in [0.1, 0.15) is 48.3 Å². The summed E-state index contributed by atoms with van der Waals surface area (Å²) in [7, 11) is 0. The molecule has 42 heteroatoms. The van der Waals surface area contributed by atoms with Gasteiger partial charge >= 0.3 is 30.3 Å². The van der Waals surface area contributed by atoms with E-state index in [1.165, 1.54) is 44.2 Å². The third-order valence-corrected chi connectivity index (χ3v) is 15.0. The molecule has 2 rings (SSSR count). The Morgan fingerprint density at radius 1 is 0.638 bits per heavy atom. The molecule has 0 spiro atoms. The summed E-state index contributed by atoms with van der Waals surface area (Å²) in [6, 6.07) is -10.8. The molecule has 0 aromatic heterocycles. The number of hydrogen-bond donors (Lipinski definition) is 20. The van der Waals surface area contributed by atoms with Gasteiger partial charge in [0, 0.05) is 6.54 Å². The molecule has 0 aliphatic carbocycles. The summed E-state index contributed by atoms with van der Waals surface area (Å²) in [5.74, 6) is -22.7. The lowest BCUT2D eigenvalue weighted by Gasteiger charge is -2.34. The van der Waals surface area contributed by atoms with Crippen LogP contribution in [0.5, 0.6) is 0 Å². The molecule has 1 heterocycles. The lowest BCUT2D eigenvalue weighted by atomic mass is 9.88. The summed E-state index contributed by atoms with van der Waals surface area (Å²) >= 11 is 0. The minimum Gasteiger partial charge on any atom is -0.475 e. The van der Waals surface area contributed by atoms with E-state index in [1.807, 2.05) is 31.4 Å². The maximum atomic E-state index is 15.4. The second kappa shape index (κ2) is 44.3. The predicted octanol–water partition coefficient (Wildman–Crippen LogP) is -3.78. The van der Waals surface area contributed by atoms with Crippen molar-refractivity contribution in [1.82, 2.24) is 53.2 Å². The molecule has 1 aliphatic heterocycles. The van der Waals surface area contributed by atoms with E-state index in [0.717, 1.165) is 6.92 Å². The molecule has 1 aliphatic rings. The Bertz CT molecular complexity index is 3110. The van der Waals surface area contributed by atoms with E-state index in [4.69, 9.17) is 47.5 Å². The van der Waals surface area contributed by atoms with Crippen molar-refractivity contribution in [3.05, 3.63) is 35.9 Å². The van der Waals surface area contributed by atoms with Crippen molar-refractivity contribution in [2.75, 3.05) is 19.7 Å². The summed E-state index contributed by atoms with van der Waals surface area (Å²) < 4.78 is 69.4. The molecule has 1 aromatic rings. The summed E-state index contributed by atoms with van der Waals surface area (Å²) in [5.41, 5.74) is 22.2. The van der Waals surface area contributed by atoms with Crippen molar-refractivity contribution in [1.29, 1.82) is 0 Å². The predicted molar refractivity (Wildman–Crippen MR) is 358 cm³/mol. The number of aliphatic hydroxyl groups is 4. The maximum absolute atomic E-state index is 15.4. The fourth-order valence-corrected chi connectivity index (χ4v) is 9.39. The molecule has 2 unspecified atom stereocenters. The van der Waals surface area contributed by atoms with E-state index >= 15 is 4.79 Å². The Balaban J connectivity index is 0.00000696. The Hall–Kier alpha value is -9.55. The normalized spacial score (nSPS) is 22.9. The number of nitrogens with one attached hydrogen (secondary N) is 10. The lowest BCUT2D eigenvalue weighted by molar-refractivity contribution is -0.193. The number of nitrogens with zero attached hydrogens (tertiary/aromatic N) is 1. The highest BCUT2D eigenvalue weighted by Gasteiger charge is 2.45. The summed E-state index contributed by atoms with van der Waals surface area (Å²) in [5, 5.41) is 82.4. The number of carbonyl (C=O) groups is 14. The zero-order valence-electron chi connectivity index (χ0n) is 60.0. The van der Waals surface area contributed by atoms with Gasteiger partial charge in [-0.1, -0.05) is 113 Å². The number of esters is 1. The number of carboxylic acid groups (broad SMARTS) is 2. The smallest absolute Gasteiger partial charge is 0.475 e. The highest BCUT2D eigenvalue weighted by atomic mass is 19.4. The van der Waals surface area contributed by atoms with Crippen molar-refractivity contribution in [2.24, 2.45) is 57.0 Å². The zero-order valence-corrected chi connectivity index (χ0v) is 60.0. The number of aliphatic carboxylic acids is 2. The monoisotopic (exact) mass is 1520 g/mol. The molecule has 24 N–H and O–H groups in total. The number of carboxylic acids is 2. The Kier molecular flexibility index (Phi) is 40.3. The van der Waals surface area contributed by atoms with Gasteiger partial charge in [-0.05, 0) is 73.7 Å². The van der Waals surface area contributed by atoms with E-state index in [1.54, 1.807) is 41.5 Å². The van der Waals surface area contributed by atoms with Crippen molar-refractivity contribution in [3.63, 3.8) is 0 Å². The first kappa shape index (κ1) is 95.5. The molecule has 1 aromatic carbocycles. The number of hydrogen-bond acceptors (Lipinski definition) is 21. The van der Waals surface area contributed by atoms with Crippen LogP contribution in [0.15, 0.2) is 35.3 Å². The molecule has 15 atom stereocenters. The molecular weight excluding hydrogens is 1420 g/mol. The fourth-order valence-electron chi connectivity index (χ4n) is 9.39. The van der Waals surface area contributed by atoms with E-state index in [9.17, 15) is 99.5 Å². The van der Waals surface area contributed by atoms with E-state index < -0.39 is 210 Å². The summed E-state index contributed by atoms with van der Waals surface area (Å²) in [6.45, 7) is 17.2. The minimum atomic E-state index is -5.08. The van der Waals surface area contributed by atoms with Crippen LogP contribution in [0.4, 0.5) is 26.3 Å². The molecule has 0 saturated carbocycles. The first-order valence-corrected chi connectivity index (χ1v) is 32.8. The number of aliphatic hydroxyl groups excluding tert-OH is 4. The maximum Gasteiger partial charge on any atom is 0.490 e. The third-order valence-electron chi connectivity index (χ3n) is 15.0. The van der Waals surface area contributed by atoms with Gasteiger partial charge in [-0.3, -0.25) is 57.7 Å². The summed E-state index contributed by atoms with van der Waals surface area (Å²) in [6.07, 6.45) is -18.3. The average Bonchev–Trinajstić information content (AvgIpc) is 0.813. The molecule has 1 fully saturated rings. The number of amides is 11. The quantitative estimate of drug-likeness (QED) is 0.0174. The van der Waals surface area contributed by atoms with Crippen LogP contribution in [-0.4, -0.2) is 230 Å². The molecular formula is C63H101F6N15O21. The molecule has 0 radical (unpaired) electrons. The van der Waals surface area contributed by atoms with E-state index in [-0.39, 0.29) is 68.4 Å². The topological polar surface area (TPSA) is 606 Å². The zero-order chi connectivity index (χ0) is 81.5. The number of ether oxygens (including phenoxy) is 1. The second-order valence-corrected chi connectivity index (χ2v) is 26.8. The number of aliphatic imine (C=N–C) groups is 1.